The molecule has 1 amide bonds. The second-order valence-corrected chi connectivity index (χ2v) is 5.89. The predicted molar refractivity (Wildman–Crippen MR) is 91.5 cm³/mol. The van der Waals surface area contributed by atoms with Gasteiger partial charge in [-0.05, 0) is 50.8 Å². The number of thioether (sulfide) groups is 1. The fourth-order valence-electron chi connectivity index (χ4n) is 2.50. The maximum Gasteiger partial charge on any atom is 0.259 e. The molecule has 0 fully saturated rings. The summed E-state index contributed by atoms with van der Waals surface area (Å²) < 4.78 is 0. The highest BCUT2D eigenvalue weighted by atomic mass is 32.2. The molecule has 0 atom stereocenters. The van der Waals surface area contributed by atoms with Crippen LogP contribution in [0.5, 0.6) is 0 Å². The van der Waals surface area contributed by atoms with E-state index in [0.717, 1.165) is 21.7 Å². The van der Waals surface area contributed by atoms with Crippen LogP contribution in [0.25, 0.3) is 0 Å². The van der Waals surface area contributed by atoms with Crippen LogP contribution in [0.1, 0.15) is 28.4 Å². The van der Waals surface area contributed by atoms with Crippen molar-refractivity contribution >= 4 is 23.4 Å². The number of rotatable bonds is 4. The molecule has 110 valence electrons. The number of amides is 1. The molecule has 0 spiro atoms. The lowest BCUT2D eigenvalue weighted by atomic mass is 10.1. The van der Waals surface area contributed by atoms with Gasteiger partial charge in [-0.1, -0.05) is 29.8 Å². The molecule has 2 nitrogen and oxygen atoms in total. The molecule has 0 bridgehead atoms. The van der Waals surface area contributed by atoms with Crippen LogP contribution >= 0.6 is 11.8 Å². The Labute approximate surface area is 131 Å². The lowest BCUT2D eigenvalue weighted by Crippen LogP contribution is -2.31. The minimum atomic E-state index is 0.0643. The molecule has 0 radical (unpaired) electrons. The summed E-state index contributed by atoms with van der Waals surface area (Å²) in [6.07, 6.45) is 2.00. The highest BCUT2D eigenvalue weighted by molar-refractivity contribution is 7.98. The molecule has 0 aliphatic carbocycles. The van der Waals surface area contributed by atoms with Crippen molar-refractivity contribution in [1.29, 1.82) is 0 Å². The Bertz CT molecular complexity index is 651. The summed E-state index contributed by atoms with van der Waals surface area (Å²) in [6.45, 7) is 6.79. The van der Waals surface area contributed by atoms with Crippen molar-refractivity contribution in [3.8, 4) is 0 Å². The van der Waals surface area contributed by atoms with Crippen molar-refractivity contribution in [1.82, 2.24) is 0 Å². The van der Waals surface area contributed by atoms with E-state index in [0.29, 0.717) is 6.54 Å². The van der Waals surface area contributed by atoms with E-state index in [9.17, 15) is 4.79 Å². The molecule has 0 aliphatic rings. The summed E-state index contributed by atoms with van der Waals surface area (Å²) >= 11 is 1.61. The summed E-state index contributed by atoms with van der Waals surface area (Å²) in [6, 6.07) is 14.0. The Kier molecular flexibility index (Phi) is 5.07. The maximum absolute atomic E-state index is 12.9. The zero-order valence-electron chi connectivity index (χ0n) is 13.0. The van der Waals surface area contributed by atoms with Gasteiger partial charge in [0.25, 0.3) is 5.91 Å². The highest BCUT2D eigenvalue weighted by Gasteiger charge is 2.19. The smallest absolute Gasteiger partial charge is 0.259 e. The SMILES string of the molecule is CCN(C(=O)c1ccccc1SC)c1ccc(C)cc1C. The van der Waals surface area contributed by atoms with E-state index in [4.69, 9.17) is 0 Å². The molecule has 0 aromatic heterocycles. The van der Waals surface area contributed by atoms with Crippen molar-refractivity contribution < 1.29 is 4.79 Å². The Hall–Kier alpha value is -1.74. The average Bonchev–Trinajstić information content (AvgIpc) is 2.49. The lowest BCUT2D eigenvalue weighted by molar-refractivity contribution is 0.0985. The van der Waals surface area contributed by atoms with Gasteiger partial charge in [0.05, 0.1) is 5.56 Å². The van der Waals surface area contributed by atoms with Gasteiger partial charge in [0.15, 0.2) is 0 Å². The molecule has 0 heterocycles. The van der Waals surface area contributed by atoms with E-state index in [1.807, 2.05) is 48.4 Å². The third kappa shape index (κ3) is 3.30. The molecule has 2 aromatic rings. The first kappa shape index (κ1) is 15.6. The number of anilines is 1. The van der Waals surface area contributed by atoms with E-state index in [-0.39, 0.29) is 5.91 Å². The summed E-state index contributed by atoms with van der Waals surface area (Å²) in [5.74, 6) is 0.0643. The van der Waals surface area contributed by atoms with Crippen molar-refractivity contribution in [2.75, 3.05) is 17.7 Å². The number of hydrogen-bond donors (Lipinski definition) is 0. The molecule has 3 heteroatoms. The van der Waals surface area contributed by atoms with Gasteiger partial charge in [0.1, 0.15) is 0 Å². The first-order chi connectivity index (χ1) is 10.1. The third-order valence-electron chi connectivity index (χ3n) is 3.54. The van der Waals surface area contributed by atoms with Crippen LogP contribution in [0.4, 0.5) is 5.69 Å². The van der Waals surface area contributed by atoms with Crippen LogP contribution in [0.2, 0.25) is 0 Å². The first-order valence-corrected chi connectivity index (χ1v) is 8.33. The van der Waals surface area contributed by atoms with Crippen molar-refractivity contribution in [2.24, 2.45) is 0 Å². The fraction of sp³-hybridized carbons (Fsp3) is 0.278. The Morgan fingerprint density at radius 2 is 1.86 bits per heavy atom. The van der Waals surface area contributed by atoms with E-state index in [1.165, 1.54) is 5.56 Å². The van der Waals surface area contributed by atoms with E-state index < -0.39 is 0 Å². The van der Waals surface area contributed by atoms with Crippen LogP contribution < -0.4 is 4.90 Å². The minimum absolute atomic E-state index is 0.0643. The van der Waals surface area contributed by atoms with Crippen LogP contribution in [0.3, 0.4) is 0 Å². The molecular weight excluding hydrogens is 278 g/mol. The van der Waals surface area contributed by atoms with Crippen LogP contribution in [-0.2, 0) is 0 Å². The lowest BCUT2D eigenvalue weighted by Gasteiger charge is -2.24. The molecule has 2 aromatic carbocycles. The zero-order chi connectivity index (χ0) is 15.4. The fourth-order valence-corrected chi connectivity index (χ4v) is 3.09. The van der Waals surface area contributed by atoms with Crippen LogP contribution in [0, 0.1) is 13.8 Å². The summed E-state index contributed by atoms with van der Waals surface area (Å²) in [5, 5.41) is 0. The molecule has 0 aliphatic heterocycles. The highest BCUT2D eigenvalue weighted by Crippen LogP contribution is 2.26. The van der Waals surface area contributed by atoms with E-state index in [2.05, 4.69) is 26.0 Å². The van der Waals surface area contributed by atoms with Gasteiger partial charge in [-0.25, -0.2) is 0 Å². The molecule has 0 saturated carbocycles. The molecule has 0 saturated heterocycles. The molecular formula is C18H21NOS. The number of carbonyl (C=O) groups excluding carboxylic acids is 1. The molecule has 0 unspecified atom stereocenters. The Balaban J connectivity index is 2.43. The second-order valence-electron chi connectivity index (χ2n) is 5.04. The summed E-state index contributed by atoms with van der Waals surface area (Å²) in [5.41, 5.74) is 4.10. The topological polar surface area (TPSA) is 20.3 Å². The maximum atomic E-state index is 12.9. The van der Waals surface area contributed by atoms with Gasteiger partial charge in [0, 0.05) is 17.1 Å². The zero-order valence-corrected chi connectivity index (χ0v) is 13.8. The Morgan fingerprint density at radius 3 is 2.48 bits per heavy atom. The van der Waals surface area contributed by atoms with Gasteiger partial charge in [-0.15, -0.1) is 11.8 Å². The Morgan fingerprint density at radius 1 is 1.14 bits per heavy atom. The third-order valence-corrected chi connectivity index (χ3v) is 4.34. The molecule has 2 rings (SSSR count). The number of carbonyl (C=O) groups is 1. The predicted octanol–water partition coefficient (Wildman–Crippen LogP) is 4.69. The van der Waals surface area contributed by atoms with Crippen LogP contribution in [0.15, 0.2) is 47.4 Å². The minimum Gasteiger partial charge on any atom is -0.308 e. The van der Waals surface area contributed by atoms with Gasteiger partial charge in [-0.2, -0.15) is 0 Å². The number of hydrogen-bond acceptors (Lipinski definition) is 2. The van der Waals surface area contributed by atoms with E-state index in [1.54, 1.807) is 11.8 Å². The summed E-state index contributed by atoms with van der Waals surface area (Å²) in [4.78, 5) is 15.8. The monoisotopic (exact) mass is 299 g/mol. The van der Waals surface area contributed by atoms with Gasteiger partial charge in [-0.3, -0.25) is 4.79 Å². The normalized spacial score (nSPS) is 10.5. The molecule has 21 heavy (non-hydrogen) atoms. The first-order valence-electron chi connectivity index (χ1n) is 7.10. The summed E-state index contributed by atoms with van der Waals surface area (Å²) in [7, 11) is 0. The quantitative estimate of drug-likeness (QED) is 0.763. The second kappa shape index (κ2) is 6.81. The number of nitrogens with zero attached hydrogens (tertiary/aromatic N) is 1. The van der Waals surface area contributed by atoms with Crippen molar-refractivity contribution in [3.63, 3.8) is 0 Å². The van der Waals surface area contributed by atoms with E-state index >= 15 is 0 Å². The molecule has 0 N–H and O–H groups in total. The standard InChI is InChI=1S/C18H21NOS/c1-5-19(16-11-10-13(2)12-14(16)3)18(20)15-8-6-7-9-17(15)21-4/h6-12H,5H2,1-4H3. The van der Waals surface area contributed by atoms with Crippen molar-refractivity contribution in [3.05, 3.63) is 59.2 Å². The van der Waals surface area contributed by atoms with Gasteiger partial charge in [0.2, 0.25) is 0 Å². The number of aryl methyl sites for hydroxylation is 2. The average molecular weight is 299 g/mol. The van der Waals surface area contributed by atoms with Gasteiger partial charge >= 0.3 is 0 Å². The number of benzene rings is 2. The largest absolute Gasteiger partial charge is 0.308 e. The van der Waals surface area contributed by atoms with Gasteiger partial charge < -0.3 is 4.90 Å². The van der Waals surface area contributed by atoms with Crippen LogP contribution in [-0.4, -0.2) is 18.7 Å². The van der Waals surface area contributed by atoms with Crippen molar-refractivity contribution in [2.45, 2.75) is 25.7 Å².